The van der Waals surface area contributed by atoms with Crippen LogP contribution in [0.15, 0.2) is 66.8 Å². The summed E-state index contributed by atoms with van der Waals surface area (Å²) >= 11 is 0. The molecule has 34 heavy (non-hydrogen) atoms. The zero-order valence-electron chi connectivity index (χ0n) is 18.4. The average molecular weight is 462 g/mol. The zero-order chi connectivity index (χ0) is 24.0. The molecule has 0 aromatic heterocycles. The van der Waals surface area contributed by atoms with Crippen LogP contribution in [-0.4, -0.2) is 53.4 Å². The molecule has 3 heterocycles. The Balaban J connectivity index is 1.79. The maximum absolute atomic E-state index is 14.1. The molecule has 0 unspecified atom stereocenters. The number of para-hydroxylation sites is 1. The Hall–Kier alpha value is -3.78. The number of carbonyl (C=O) groups excluding carboxylic acids is 3. The molecule has 1 spiro atoms. The Morgan fingerprint density at radius 1 is 1.18 bits per heavy atom. The van der Waals surface area contributed by atoms with E-state index < -0.39 is 34.7 Å². The predicted octanol–water partition coefficient (Wildman–Crippen LogP) is 3.11. The molecule has 2 atom stereocenters. The number of Topliss-reactive ketones (excluding diaryl/α,β-unsaturated/α-hetero) is 1. The molecule has 2 fully saturated rings. The molecule has 7 nitrogen and oxygen atoms in total. The van der Waals surface area contributed by atoms with Crippen molar-refractivity contribution in [2.45, 2.75) is 24.5 Å². The summed E-state index contributed by atoms with van der Waals surface area (Å²) < 4.78 is 19.3. The van der Waals surface area contributed by atoms with Crippen molar-refractivity contribution in [3.63, 3.8) is 0 Å². The van der Waals surface area contributed by atoms with Crippen molar-refractivity contribution in [2.24, 2.45) is 0 Å². The summed E-state index contributed by atoms with van der Waals surface area (Å²) in [7, 11) is 0. The fourth-order valence-corrected chi connectivity index (χ4v) is 5.17. The summed E-state index contributed by atoms with van der Waals surface area (Å²) in [6.07, 6.45) is 2.71. The largest absolute Gasteiger partial charge is 0.507 e. The van der Waals surface area contributed by atoms with Gasteiger partial charge in [-0.25, -0.2) is 4.39 Å². The minimum absolute atomic E-state index is 0.0206. The number of ketones is 1. The average Bonchev–Trinajstić information content (AvgIpc) is 3.49. The molecule has 2 amide bonds. The first-order chi connectivity index (χ1) is 16.4. The van der Waals surface area contributed by atoms with E-state index in [4.69, 9.17) is 4.74 Å². The van der Waals surface area contributed by atoms with Crippen LogP contribution in [0.4, 0.5) is 10.1 Å². The molecule has 2 aromatic rings. The summed E-state index contributed by atoms with van der Waals surface area (Å²) in [6, 6.07) is 11.8. The highest BCUT2D eigenvalue weighted by Crippen LogP contribution is 2.53. The number of amides is 2. The number of hydrogen-bond donors (Lipinski definition) is 1. The minimum Gasteiger partial charge on any atom is -0.507 e. The van der Waals surface area contributed by atoms with Crippen LogP contribution in [0.25, 0.3) is 5.76 Å². The number of rotatable bonds is 5. The van der Waals surface area contributed by atoms with Gasteiger partial charge in [0.05, 0.1) is 17.4 Å². The van der Waals surface area contributed by atoms with Gasteiger partial charge in [-0.3, -0.25) is 14.4 Å². The zero-order valence-corrected chi connectivity index (χ0v) is 18.4. The van der Waals surface area contributed by atoms with Gasteiger partial charge >= 0.3 is 0 Å². The first-order valence-electron chi connectivity index (χ1n) is 11.1. The lowest BCUT2D eigenvalue weighted by Crippen LogP contribution is -2.53. The Morgan fingerprint density at radius 2 is 1.91 bits per heavy atom. The SMILES string of the molecule is C=CCN1C(=O)[C@]2(C(=C(O)c3ccc(F)cc3)C(=O)C(=O)N2C[C@@H]2CCCO2)c2ccccc21. The number of anilines is 1. The van der Waals surface area contributed by atoms with Gasteiger partial charge in [-0.1, -0.05) is 24.3 Å². The number of aliphatic hydroxyl groups is 1. The summed E-state index contributed by atoms with van der Waals surface area (Å²) in [5, 5.41) is 11.3. The van der Waals surface area contributed by atoms with Gasteiger partial charge in [-0.2, -0.15) is 0 Å². The lowest BCUT2D eigenvalue weighted by atomic mass is 9.81. The number of ether oxygens (including phenoxy) is 1. The Bertz CT molecular complexity index is 1230. The van der Waals surface area contributed by atoms with E-state index in [1.165, 1.54) is 21.9 Å². The van der Waals surface area contributed by atoms with E-state index in [9.17, 15) is 23.9 Å². The molecular formula is C26H23FN2O5. The van der Waals surface area contributed by atoms with Crippen LogP contribution >= 0.6 is 0 Å². The fourth-order valence-electron chi connectivity index (χ4n) is 5.17. The second kappa shape index (κ2) is 8.22. The molecule has 2 saturated heterocycles. The maximum Gasteiger partial charge on any atom is 0.296 e. The summed E-state index contributed by atoms with van der Waals surface area (Å²) in [4.78, 5) is 43.7. The van der Waals surface area contributed by atoms with Gasteiger partial charge < -0.3 is 19.6 Å². The Labute approximate surface area is 195 Å². The summed E-state index contributed by atoms with van der Waals surface area (Å²) in [5.41, 5.74) is -1.12. The normalized spacial score (nSPS) is 25.4. The molecule has 1 N–H and O–H groups in total. The van der Waals surface area contributed by atoms with Crippen molar-refractivity contribution in [3.05, 3.63) is 83.7 Å². The van der Waals surface area contributed by atoms with Crippen LogP contribution in [-0.2, 0) is 24.7 Å². The second-order valence-electron chi connectivity index (χ2n) is 8.54. The van der Waals surface area contributed by atoms with Crippen LogP contribution in [0.3, 0.4) is 0 Å². The van der Waals surface area contributed by atoms with Crippen LogP contribution < -0.4 is 4.90 Å². The third kappa shape index (κ3) is 3.02. The molecule has 5 rings (SSSR count). The minimum atomic E-state index is -1.86. The number of halogens is 1. The number of likely N-dealkylation sites (tertiary alicyclic amines) is 1. The van der Waals surface area contributed by atoms with E-state index in [0.29, 0.717) is 24.3 Å². The van der Waals surface area contributed by atoms with Gasteiger partial charge in [0.15, 0.2) is 5.54 Å². The van der Waals surface area contributed by atoms with Crippen molar-refractivity contribution >= 4 is 29.0 Å². The lowest BCUT2D eigenvalue weighted by molar-refractivity contribution is -0.145. The Kier molecular flexibility index (Phi) is 5.32. The predicted molar refractivity (Wildman–Crippen MR) is 122 cm³/mol. The molecule has 3 aliphatic rings. The Morgan fingerprint density at radius 3 is 2.59 bits per heavy atom. The molecular weight excluding hydrogens is 439 g/mol. The van der Waals surface area contributed by atoms with Crippen LogP contribution in [0.2, 0.25) is 0 Å². The van der Waals surface area contributed by atoms with Crippen molar-refractivity contribution in [1.29, 1.82) is 0 Å². The molecule has 0 aliphatic carbocycles. The molecule has 0 radical (unpaired) electrons. The standard InChI is InChI=1S/C26H23FN2O5/c1-2-13-28-20-8-4-3-7-19(20)26(25(28)33)21(22(30)16-9-11-17(27)12-10-16)23(31)24(32)29(26)15-18-6-5-14-34-18/h2-4,7-12,18,30H,1,5-6,13-15H2/t18-,26+/m0/s1. The topological polar surface area (TPSA) is 87.2 Å². The van der Waals surface area contributed by atoms with E-state index in [1.54, 1.807) is 30.3 Å². The van der Waals surface area contributed by atoms with E-state index in [2.05, 4.69) is 6.58 Å². The van der Waals surface area contributed by atoms with Crippen molar-refractivity contribution in [2.75, 3.05) is 24.6 Å². The lowest BCUT2D eigenvalue weighted by Gasteiger charge is -2.35. The van der Waals surface area contributed by atoms with Crippen LogP contribution in [0, 0.1) is 5.82 Å². The van der Waals surface area contributed by atoms with E-state index in [1.807, 2.05) is 0 Å². The van der Waals surface area contributed by atoms with E-state index in [0.717, 1.165) is 18.6 Å². The smallest absolute Gasteiger partial charge is 0.296 e. The van der Waals surface area contributed by atoms with Gasteiger partial charge in [0.25, 0.3) is 17.6 Å². The number of carbonyl (C=O) groups is 3. The third-order valence-electron chi connectivity index (χ3n) is 6.65. The first kappa shape index (κ1) is 22.0. The number of benzene rings is 2. The molecule has 0 saturated carbocycles. The highest BCUT2D eigenvalue weighted by atomic mass is 19.1. The number of fused-ring (bicyclic) bond motifs is 2. The molecule has 3 aliphatic heterocycles. The second-order valence-corrected chi connectivity index (χ2v) is 8.54. The molecule has 2 aromatic carbocycles. The van der Waals surface area contributed by atoms with Crippen molar-refractivity contribution in [1.82, 2.24) is 4.90 Å². The molecule has 0 bridgehead atoms. The first-order valence-corrected chi connectivity index (χ1v) is 11.1. The fraction of sp³-hybridized carbons (Fsp3) is 0.269. The highest BCUT2D eigenvalue weighted by molar-refractivity contribution is 6.50. The molecule has 8 heteroatoms. The van der Waals surface area contributed by atoms with E-state index in [-0.39, 0.29) is 30.3 Å². The highest BCUT2D eigenvalue weighted by Gasteiger charge is 2.67. The summed E-state index contributed by atoms with van der Waals surface area (Å²) in [6.45, 7) is 4.43. The third-order valence-corrected chi connectivity index (χ3v) is 6.65. The van der Waals surface area contributed by atoms with Gasteiger partial charge in [-0.05, 0) is 43.2 Å². The van der Waals surface area contributed by atoms with Gasteiger partial charge in [0.2, 0.25) is 0 Å². The van der Waals surface area contributed by atoms with Crippen LogP contribution in [0.5, 0.6) is 0 Å². The number of nitrogens with zero attached hydrogens (tertiary/aromatic N) is 2. The maximum atomic E-state index is 14.1. The van der Waals surface area contributed by atoms with E-state index >= 15 is 0 Å². The number of aliphatic hydroxyl groups excluding tert-OH is 1. The van der Waals surface area contributed by atoms with Gasteiger partial charge in [0, 0.05) is 30.8 Å². The quantitative estimate of drug-likeness (QED) is 0.319. The van der Waals surface area contributed by atoms with Gasteiger partial charge in [-0.15, -0.1) is 6.58 Å². The van der Waals surface area contributed by atoms with Gasteiger partial charge in [0.1, 0.15) is 11.6 Å². The van der Waals surface area contributed by atoms with Crippen molar-refractivity contribution in [3.8, 4) is 0 Å². The molecule has 174 valence electrons. The monoisotopic (exact) mass is 462 g/mol. The summed E-state index contributed by atoms with van der Waals surface area (Å²) in [5.74, 6) is -3.44. The van der Waals surface area contributed by atoms with Crippen molar-refractivity contribution < 1.29 is 28.6 Å². The number of hydrogen-bond acceptors (Lipinski definition) is 5. The van der Waals surface area contributed by atoms with Crippen LogP contribution in [0.1, 0.15) is 24.0 Å².